The topological polar surface area (TPSA) is 0 Å². The van der Waals surface area contributed by atoms with Gasteiger partial charge >= 0.3 is 0 Å². The molecule has 0 N–H and O–H groups in total. The van der Waals surface area contributed by atoms with E-state index in [2.05, 4.69) is 24.8 Å². The fraction of sp³-hybridized carbons (Fsp3) is 0.630. The Bertz CT molecular complexity index is 644. The summed E-state index contributed by atoms with van der Waals surface area (Å²) in [6, 6.07) is 6.40. The van der Waals surface area contributed by atoms with Crippen molar-refractivity contribution in [1.29, 1.82) is 0 Å². The van der Waals surface area contributed by atoms with Gasteiger partial charge in [-0.15, -0.1) is 0 Å². The van der Waals surface area contributed by atoms with Gasteiger partial charge in [0.1, 0.15) is 5.82 Å². The maximum atomic E-state index is 12.9. The average molecular weight is 381 g/mol. The molecule has 1 heteroatoms. The predicted octanol–water partition coefficient (Wildman–Crippen LogP) is 7.93. The molecule has 0 spiro atoms. The van der Waals surface area contributed by atoms with Crippen molar-refractivity contribution in [3.63, 3.8) is 0 Å². The number of hydrogen-bond donors (Lipinski definition) is 0. The molecule has 0 aliphatic heterocycles. The lowest BCUT2D eigenvalue weighted by molar-refractivity contribution is 0.151. The second-order valence-electron chi connectivity index (χ2n) is 9.09. The molecule has 0 aromatic heterocycles. The maximum absolute atomic E-state index is 12.9. The van der Waals surface area contributed by atoms with E-state index in [0.717, 1.165) is 23.3 Å². The third-order valence-corrected chi connectivity index (χ3v) is 7.10. The van der Waals surface area contributed by atoms with Crippen molar-refractivity contribution < 1.29 is 4.39 Å². The quantitative estimate of drug-likeness (QED) is 0.347. The van der Waals surface area contributed by atoms with E-state index >= 15 is 0 Å². The summed E-state index contributed by atoms with van der Waals surface area (Å²) in [6.07, 6.45) is 21.5. The second-order valence-corrected chi connectivity index (χ2v) is 9.09. The van der Waals surface area contributed by atoms with E-state index < -0.39 is 0 Å². The van der Waals surface area contributed by atoms with Gasteiger partial charge in [0.15, 0.2) is 0 Å². The maximum Gasteiger partial charge on any atom is 0.123 e. The van der Waals surface area contributed by atoms with E-state index in [1.807, 2.05) is 6.08 Å². The zero-order valence-electron chi connectivity index (χ0n) is 17.6. The van der Waals surface area contributed by atoms with Gasteiger partial charge in [-0.1, -0.05) is 63.4 Å². The standard InChI is InChI=1S/C27H37F/c1-2-3-4-7-22-10-16-25(17-11-22)26-18-12-23(13-19-26)8-5-6-9-24-14-20-27(28)21-15-24/h5,8,14-15,20-23,25-26H,2-4,7,10-13,16-19H2,1H3/b8-5+/t22-,23?,25-,26?. The van der Waals surface area contributed by atoms with Gasteiger partial charge in [-0.2, -0.15) is 0 Å². The summed E-state index contributed by atoms with van der Waals surface area (Å²) in [4.78, 5) is 0. The van der Waals surface area contributed by atoms with E-state index in [1.165, 1.54) is 89.2 Å². The first-order valence-electron chi connectivity index (χ1n) is 11.7. The molecular formula is C27H37F. The van der Waals surface area contributed by atoms with Crippen LogP contribution < -0.4 is 0 Å². The van der Waals surface area contributed by atoms with Gasteiger partial charge in [0, 0.05) is 5.56 Å². The molecule has 2 saturated carbocycles. The van der Waals surface area contributed by atoms with E-state index in [-0.39, 0.29) is 5.82 Å². The summed E-state index contributed by atoms with van der Waals surface area (Å²) in [5, 5.41) is 0. The minimum absolute atomic E-state index is 0.206. The number of unbranched alkanes of at least 4 members (excludes halogenated alkanes) is 2. The minimum atomic E-state index is -0.206. The summed E-state index contributed by atoms with van der Waals surface area (Å²) >= 11 is 0. The summed E-state index contributed by atoms with van der Waals surface area (Å²) < 4.78 is 12.9. The highest BCUT2D eigenvalue weighted by molar-refractivity contribution is 5.36. The highest BCUT2D eigenvalue weighted by Gasteiger charge is 2.30. The van der Waals surface area contributed by atoms with Gasteiger partial charge < -0.3 is 0 Å². The van der Waals surface area contributed by atoms with Crippen LogP contribution in [0, 0.1) is 41.3 Å². The second kappa shape index (κ2) is 11.5. The van der Waals surface area contributed by atoms with Crippen LogP contribution in [0.15, 0.2) is 36.4 Å². The predicted molar refractivity (Wildman–Crippen MR) is 117 cm³/mol. The molecule has 0 atom stereocenters. The van der Waals surface area contributed by atoms with Crippen LogP contribution in [0.5, 0.6) is 0 Å². The molecular weight excluding hydrogens is 343 g/mol. The summed E-state index contributed by atoms with van der Waals surface area (Å²) in [5.41, 5.74) is 0.875. The van der Waals surface area contributed by atoms with E-state index in [9.17, 15) is 4.39 Å². The Hall–Kier alpha value is -1.55. The van der Waals surface area contributed by atoms with Crippen molar-refractivity contribution >= 4 is 0 Å². The van der Waals surface area contributed by atoms with Crippen LogP contribution in [-0.2, 0) is 0 Å². The highest BCUT2D eigenvalue weighted by atomic mass is 19.1. The molecule has 0 bridgehead atoms. The normalized spacial score (nSPS) is 28.1. The fourth-order valence-corrected chi connectivity index (χ4v) is 5.28. The van der Waals surface area contributed by atoms with Crippen LogP contribution in [0.1, 0.15) is 89.5 Å². The van der Waals surface area contributed by atoms with Gasteiger partial charge in [0.2, 0.25) is 0 Å². The average Bonchev–Trinajstić information content (AvgIpc) is 2.74. The lowest BCUT2D eigenvalue weighted by atomic mass is 9.68. The van der Waals surface area contributed by atoms with E-state index in [1.54, 1.807) is 12.1 Å². The number of allylic oxidation sites excluding steroid dienone is 2. The van der Waals surface area contributed by atoms with E-state index in [0.29, 0.717) is 5.92 Å². The molecule has 152 valence electrons. The Balaban J connectivity index is 1.35. The Kier molecular flexibility index (Phi) is 8.66. The Labute approximate surface area is 172 Å². The largest absolute Gasteiger partial charge is 0.207 e. The lowest BCUT2D eigenvalue weighted by Gasteiger charge is -2.37. The molecule has 0 unspecified atom stereocenters. The van der Waals surface area contributed by atoms with Crippen LogP contribution in [0.2, 0.25) is 0 Å². The molecule has 0 amide bonds. The molecule has 0 heterocycles. The van der Waals surface area contributed by atoms with Gasteiger partial charge in [-0.25, -0.2) is 4.39 Å². The molecule has 28 heavy (non-hydrogen) atoms. The molecule has 1 aromatic carbocycles. The summed E-state index contributed by atoms with van der Waals surface area (Å²) in [5.74, 6) is 9.71. The van der Waals surface area contributed by atoms with Crippen molar-refractivity contribution in [2.24, 2.45) is 23.7 Å². The Morgan fingerprint density at radius 1 is 0.893 bits per heavy atom. The SMILES string of the molecule is CCCCC[C@H]1CC[C@H](C2CCC(/C=C/C#Cc3ccc(F)cc3)CC2)CC1. The van der Waals surface area contributed by atoms with Crippen LogP contribution in [0.25, 0.3) is 0 Å². The molecule has 2 aliphatic carbocycles. The molecule has 2 aliphatic rings. The smallest absolute Gasteiger partial charge is 0.123 e. The first-order chi connectivity index (χ1) is 13.7. The van der Waals surface area contributed by atoms with Gasteiger partial charge in [-0.05, 0) is 92.5 Å². The van der Waals surface area contributed by atoms with Crippen molar-refractivity contribution in [2.45, 2.75) is 84.0 Å². The monoisotopic (exact) mass is 380 g/mol. The first kappa shape index (κ1) is 21.2. The van der Waals surface area contributed by atoms with Crippen molar-refractivity contribution in [3.05, 3.63) is 47.8 Å². The number of benzene rings is 1. The lowest BCUT2D eigenvalue weighted by Crippen LogP contribution is -2.25. The number of hydrogen-bond acceptors (Lipinski definition) is 0. The van der Waals surface area contributed by atoms with Crippen LogP contribution in [0.4, 0.5) is 4.39 Å². The van der Waals surface area contributed by atoms with E-state index in [4.69, 9.17) is 0 Å². The Morgan fingerprint density at radius 2 is 1.54 bits per heavy atom. The van der Waals surface area contributed by atoms with Crippen molar-refractivity contribution in [3.8, 4) is 11.8 Å². The van der Waals surface area contributed by atoms with Crippen LogP contribution in [0.3, 0.4) is 0 Å². The molecule has 3 rings (SSSR count). The fourth-order valence-electron chi connectivity index (χ4n) is 5.28. The number of halogens is 1. The Morgan fingerprint density at radius 3 is 2.18 bits per heavy atom. The van der Waals surface area contributed by atoms with Gasteiger partial charge in [-0.3, -0.25) is 0 Å². The minimum Gasteiger partial charge on any atom is -0.207 e. The molecule has 0 saturated heterocycles. The molecule has 2 fully saturated rings. The summed E-state index contributed by atoms with van der Waals surface area (Å²) in [6.45, 7) is 2.31. The van der Waals surface area contributed by atoms with Gasteiger partial charge in [0.05, 0.1) is 0 Å². The third kappa shape index (κ3) is 6.80. The van der Waals surface area contributed by atoms with Crippen LogP contribution in [-0.4, -0.2) is 0 Å². The number of rotatable bonds is 6. The van der Waals surface area contributed by atoms with Crippen molar-refractivity contribution in [2.75, 3.05) is 0 Å². The zero-order valence-corrected chi connectivity index (χ0v) is 17.6. The summed E-state index contributed by atoms with van der Waals surface area (Å²) in [7, 11) is 0. The molecule has 0 nitrogen and oxygen atoms in total. The molecule has 1 aromatic rings. The highest BCUT2D eigenvalue weighted by Crippen LogP contribution is 2.42. The van der Waals surface area contributed by atoms with Gasteiger partial charge in [0.25, 0.3) is 0 Å². The molecule has 0 radical (unpaired) electrons. The van der Waals surface area contributed by atoms with Crippen LogP contribution >= 0.6 is 0 Å². The zero-order chi connectivity index (χ0) is 19.6. The first-order valence-corrected chi connectivity index (χ1v) is 11.7. The third-order valence-electron chi connectivity index (χ3n) is 7.10. The van der Waals surface area contributed by atoms with Crippen molar-refractivity contribution in [1.82, 2.24) is 0 Å².